The molecule has 3 unspecified atom stereocenters. The number of hydrogen-bond donors (Lipinski definition) is 0. The second-order valence-electron chi connectivity index (χ2n) is 7.20. The molecule has 1 aromatic carbocycles. The lowest BCUT2D eigenvalue weighted by Gasteiger charge is -2.43. The van der Waals surface area contributed by atoms with E-state index in [0.29, 0.717) is 0 Å². The van der Waals surface area contributed by atoms with Gasteiger partial charge in [0.1, 0.15) is 18.5 Å². The molecule has 1 heterocycles. The van der Waals surface area contributed by atoms with Crippen molar-refractivity contribution in [1.29, 1.82) is 0 Å². The summed E-state index contributed by atoms with van der Waals surface area (Å²) in [5.41, 5.74) is 0.261. The first-order valence-electron chi connectivity index (χ1n) is 10.2. The van der Waals surface area contributed by atoms with Crippen molar-refractivity contribution in [2.24, 2.45) is 0 Å². The van der Waals surface area contributed by atoms with Crippen LogP contribution in [0.25, 0.3) is 0 Å². The lowest BCUT2D eigenvalue weighted by Crippen LogP contribution is -2.63. The molecule has 1 aliphatic heterocycles. The fourth-order valence-electron chi connectivity index (χ4n) is 3.21. The van der Waals surface area contributed by atoms with Crippen LogP contribution in [-0.4, -0.2) is 74.3 Å². The van der Waals surface area contributed by atoms with Crippen molar-refractivity contribution in [3.63, 3.8) is 0 Å². The number of esters is 5. The standard InChI is InChI=1S/C22H26O12/c1-11(23)29-10-17-18(30-12(2)24)19(31-13(3)25)20(32-14(4)26)22(34-17)33-16-8-6-15(7-9-16)21(27)28-5/h6-9,17-20,22H,10H2,1-5H3/t17?,18-,19?,20?,22+/m0/s1. The van der Waals surface area contributed by atoms with Gasteiger partial charge in [0, 0.05) is 27.7 Å². The molecule has 0 aromatic heterocycles. The van der Waals surface area contributed by atoms with Gasteiger partial charge in [-0.15, -0.1) is 0 Å². The van der Waals surface area contributed by atoms with E-state index in [0.717, 1.165) is 20.8 Å². The average Bonchev–Trinajstić information content (AvgIpc) is 2.75. The van der Waals surface area contributed by atoms with Gasteiger partial charge in [-0.3, -0.25) is 19.2 Å². The first-order chi connectivity index (χ1) is 16.0. The van der Waals surface area contributed by atoms with E-state index < -0.39 is 60.6 Å². The minimum absolute atomic E-state index is 0.202. The molecule has 12 heteroatoms. The largest absolute Gasteiger partial charge is 0.465 e. The quantitative estimate of drug-likeness (QED) is 0.383. The van der Waals surface area contributed by atoms with Gasteiger partial charge >= 0.3 is 29.8 Å². The molecule has 0 bridgehead atoms. The maximum absolute atomic E-state index is 11.8. The molecule has 1 aromatic rings. The summed E-state index contributed by atoms with van der Waals surface area (Å²) < 4.78 is 37.2. The van der Waals surface area contributed by atoms with Crippen molar-refractivity contribution in [2.75, 3.05) is 13.7 Å². The van der Waals surface area contributed by atoms with Crippen LogP contribution in [0.2, 0.25) is 0 Å². The third kappa shape index (κ3) is 7.44. The molecule has 0 N–H and O–H groups in total. The van der Waals surface area contributed by atoms with Gasteiger partial charge in [-0.25, -0.2) is 4.79 Å². The molecule has 0 amide bonds. The first-order valence-corrected chi connectivity index (χ1v) is 10.2. The molecular formula is C22H26O12. The average molecular weight is 482 g/mol. The van der Waals surface area contributed by atoms with Gasteiger partial charge in [0.2, 0.25) is 12.4 Å². The Morgan fingerprint density at radius 1 is 0.765 bits per heavy atom. The van der Waals surface area contributed by atoms with Crippen LogP contribution in [0.15, 0.2) is 24.3 Å². The predicted octanol–water partition coefficient (Wildman–Crippen LogP) is 0.935. The molecule has 5 atom stereocenters. The topological polar surface area (TPSA) is 150 Å². The zero-order chi connectivity index (χ0) is 25.4. The van der Waals surface area contributed by atoms with Crippen molar-refractivity contribution >= 4 is 29.8 Å². The maximum atomic E-state index is 11.8. The van der Waals surface area contributed by atoms with E-state index in [1.165, 1.54) is 38.3 Å². The van der Waals surface area contributed by atoms with E-state index in [-0.39, 0.29) is 17.9 Å². The van der Waals surface area contributed by atoms with Gasteiger partial charge in [-0.2, -0.15) is 0 Å². The second kappa shape index (κ2) is 12.0. The highest BCUT2D eigenvalue weighted by molar-refractivity contribution is 5.89. The normalized spacial score (nSPS) is 23.7. The fourth-order valence-corrected chi connectivity index (χ4v) is 3.21. The van der Waals surface area contributed by atoms with Crippen LogP contribution in [0.4, 0.5) is 0 Å². The molecule has 2 rings (SSSR count). The molecule has 0 aliphatic carbocycles. The lowest BCUT2D eigenvalue weighted by molar-refractivity contribution is -0.288. The lowest BCUT2D eigenvalue weighted by atomic mass is 9.98. The maximum Gasteiger partial charge on any atom is 0.337 e. The number of carbonyl (C=O) groups is 5. The van der Waals surface area contributed by atoms with Crippen LogP contribution in [-0.2, 0) is 47.6 Å². The third-order valence-electron chi connectivity index (χ3n) is 4.48. The molecule has 12 nitrogen and oxygen atoms in total. The molecule has 34 heavy (non-hydrogen) atoms. The van der Waals surface area contributed by atoms with Crippen LogP contribution in [0.5, 0.6) is 5.75 Å². The molecule has 1 fully saturated rings. The molecule has 1 aliphatic rings. The van der Waals surface area contributed by atoms with E-state index >= 15 is 0 Å². The highest BCUT2D eigenvalue weighted by atomic mass is 16.7. The fraction of sp³-hybridized carbons (Fsp3) is 0.500. The second-order valence-corrected chi connectivity index (χ2v) is 7.20. The molecular weight excluding hydrogens is 456 g/mol. The summed E-state index contributed by atoms with van der Waals surface area (Å²) in [6.07, 6.45) is -6.50. The van der Waals surface area contributed by atoms with Crippen molar-refractivity contribution < 1.29 is 57.1 Å². The number of hydrogen-bond acceptors (Lipinski definition) is 12. The van der Waals surface area contributed by atoms with E-state index in [2.05, 4.69) is 4.74 Å². The Balaban J connectivity index is 2.42. The minimum Gasteiger partial charge on any atom is -0.465 e. The molecule has 186 valence electrons. The molecule has 0 radical (unpaired) electrons. The predicted molar refractivity (Wildman–Crippen MR) is 110 cm³/mol. The van der Waals surface area contributed by atoms with E-state index in [1.807, 2.05) is 0 Å². The summed E-state index contributed by atoms with van der Waals surface area (Å²) >= 11 is 0. The van der Waals surface area contributed by atoms with Gasteiger partial charge in [-0.1, -0.05) is 0 Å². The summed E-state index contributed by atoms with van der Waals surface area (Å²) in [4.78, 5) is 58.4. The summed E-state index contributed by atoms with van der Waals surface area (Å²) in [6, 6.07) is 5.76. The summed E-state index contributed by atoms with van der Waals surface area (Å²) in [7, 11) is 1.24. The molecule has 0 saturated carbocycles. The van der Waals surface area contributed by atoms with E-state index in [9.17, 15) is 24.0 Å². The van der Waals surface area contributed by atoms with Crippen LogP contribution >= 0.6 is 0 Å². The number of methoxy groups -OCH3 is 1. The van der Waals surface area contributed by atoms with Gasteiger partial charge in [0.05, 0.1) is 12.7 Å². The Morgan fingerprint density at radius 2 is 1.29 bits per heavy atom. The Hall–Kier alpha value is -3.67. The monoisotopic (exact) mass is 482 g/mol. The zero-order valence-electron chi connectivity index (χ0n) is 19.3. The van der Waals surface area contributed by atoms with Gasteiger partial charge in [0.15, 0.2) is 12.2 Å². The summed E-state index contributed by atoms with van der Waals surface area (Å²) in [6.45, 7) is 4.16. The zero-order valence-corrected chi connectivity index (χ0v) is 19.3. The van der Waals surface area contributed by atoms with Crippen LogP contribution < -0.4 is 4.74 Å². The van der Waals surface area contributed by atoms with E-state index in [4.69, 9.17) is 28.4 Å². The highest BCUT2D eigenvalue weighted by Gasteiger charge is 2.53. The number of carbonyl (C=O) groups excluding carboxylic acids is 5. The van der Waals surface area contributed by atoms with Gasteiger partial charge in [0.25, 0.3) is 0 Å². The third-order valence-corrected chi connectivity index (χ3v) is 4.48. The van der Waals surface area contributed by atoms with Crippen molar-refractivity contribution in [2.45, 2.75) is 58.4 Å². The molecule has 0 spiro atoms. The Labute approximate surface area is 195 Å². The van der Waals surface area contributed by atoms with Crippen molar-refractivity contribution in [3.8, 4) is 5.75 Å². The highest BCUT2D eigenvalue weighted by Crippen LogP contribution is 2.31. The van der Waals surface area contributed by atoms with Gasteiger partial charge < -0.3 is 33.2 Å². The number of benzene rings is 1. The molecule has 1 saturated heterocycles. The smallest absolute Gasteiger partial charge is 0.337 e. The van der Waals surface area contributed by atoms with Crippen LogP contribution in [0, 0.1) is 0 Å². The first kappa shape index (κ1) is 26.6. The SMILES string of the molecule is COC(=O)c1ccc(O[C@@H]2OC(COC(C)=O)[C@H](OC(C)=O)C(OC(C)=O)C2OC(C)=O)cc1. The van der Waals surface area contributed by atoms with Gasteiger partial charge in [-0.05, 0) is 24.3 Å². The summed E-state index contributed by atoms with van der Waals surface area (Å²) in [5.74, 6) is -3.23. The minimum atomic E-state index is -1.37. The number of rotatable bonds is 8. The van der Waals surface area contributed by atoms with E-state index in [1.54, 1.807) is 0 Å². The van der Waals surface area contributed by atoms with Crippen molar-refractivity contribution in [1.82, 2.24) is 0 Å². The Morgan fingerprint density at radius 3 is 1.79 bits per heavy atom. The summed E-state index contributed by atoms with van der Waals surface area (Å²) in [5, 5.41) is 0. The van der Waals surface area contributed by atoms with Crippen LogP contribution in [0.1, 0.15) is 38.1 Å². The Kier molecular flexibility index (Phi) is 9.36. The van der Waals surface area contributed by atoms with Crippen LogP contribution in [0.3, 0.4) is 0 Å². The number of ether oxygens (including phenoxy) is 7. The Bertz CT molecular complexity index is 909. The van der Waals surface area contributed by atoms with Crippen molar-refractivity contribution in [3.05, 3.63) is 29.8 Å².